The summed E-state index contributed by atoms with van der Waals surface area (Å²) in [5, 5.41) is 18.5. The second kappa shape index (κ2) is 6.38. The highest BCUT2D eigenvalue weighted by atomic mass is 35.5. The van der Waals surface area contributed by atoms with Gasteiger partial charge in [0.1, 0.15) is 11.6 Å². The Morgan fingerprint density at radius 2 is 1.90 bits per heavy atom. The van der Waals surface area contributed by atoms with Gasteiger partial charge < -0.3 is 9.67 Å². The van der Waals surface area contributed by atoms with Crippen molar-refractivity contribution < 1.29 is 5.11 Å². The third-order valence-electron chi connectivity index (χ3n) is 2.97. The molecule has 1 heterocycles. The number of nitriles is 1. The van der Waals surface area contributed by atoms with Crippen LogP contribution in [0.15, 0.2) is 41.2 Å². The summed E-state index contributed by atoms with van der Waals surface area (Å²) in [6.45, 7) is 0.353. The largest absolute Gasteiger partial charge is 0.396 e. The van der Waals surface area contributed by atoms with Gasteiger partial charge in [0.2, 0.25) is 0 Å². The number of halogens is 1. The molecule has 4 nitrogen and oxygen atoms in total. The van der Waals surface area contributed by atoms with Crippen LogP contribution in [-0.2, 0) is 6.54 Å². The van der Waals surface area contributed by atoms with Crippen LogP contribution in [0.4, 0.5) is 0 Å². The van der Waals surface area contributed by atoms with Crippen molar-refractivity contribution in [2.24, 2.45) is 0 Å². The van der Waals surface area contributed by atoms with Gasteiger partial charge in [-0.25, -0.2) is 0 Å². The average molecular weight is 289 g/mol. The summed E-state index contributed by atoms with van der Waals surface area (Å²) < 4.78 is 1.51. The molecule has 1 N–H and O–H groups in total. The molecular weight excluding hydrogens is 276 g/mol. The van der Waals surface area contributed by atoms with E-state index in [0.717, 1.165) is 5.56 Å². The number of benzene rings is 1. The van der Waals surface area contributed by atoms with Crippen LogP contribution < -0.4 is 5.56 Å². The number of pyridine rings is 1. The minimum atomic E-state index is -0.339. The minimum absolute atomic E-state index is 0.0106. The summed E-state index contributed by atoms with van der Waals surface area (Å²) in [6.07, 6.45) is 0.454. The van der Waals surface area contributed by atoms with Gasteiger partial charge in [0.15, 0.2) is 0 Å². The zero-order valence-corrected chi connectivity index (χ0v) is 11.5. The monoisotopic (exact) mass is 288 g/mol. The van der Waals surface area contributed by atoms with Crippen molar-refractivity contribution in [3.8, 4) is 17.3 Å². The van der Waals surface area contributed by atoms with Gasteiger partial charge in [-0.15, -0.1) is 0 Å². The van der Waals surface area contributed by atoms with E-state index in [1.165, 1.54) is 10.6 Å². The molecule has 0 spiro atoms. The molecule has 0 radical (unpaired) electrons. The van der Waals surface area contributed by atoms with Crippen LogP contribution in [0.25, 0.3) is 11.3 Å². The first kappa shape index (κ1) is 14.3. The Balaban J connectivity index is 2.57. The first-order chi connectivity index (χ1) is 9.67. The Hall–Kier alpha value is -2.09. The van der Waals surface area contributed by atoms with E-state index in [9.17, 15) is 4.79 Å². The minimum Gasteiger partial charge on any atom is -0.396 e. The highest BCUT2D eigenvalue weighted by Crippen LogP contribution is 2.21. The zero-order chi connectivity index (χ0) is 14.5. The number of aromatic nitrogens is 1. The molecular formula is C15H13ClN2O2. The molecule has 0 amide bonds. The lowest BCUT2D eigenvalue weighted by Crippen LogP contribution is -2.24. The molecule has 0 aliphatic heterocycles. The van der Waals surface area contributed by atoms with Gasteiger partial charge in [-0.1, -0.05) is 23.7 Å². The van der Waals surface area contributed by atoms with Crippen molar-refractivity contribution in [3.05, 3.63) is 57.3 Å². The molecule has 102 valence electrons. The number of aliphatic hydroxyl groups excluding tert-OH is 1. The van der Waals surface area contributed by atoms with E-state index in [4.69, 9.17) is 22.0 Å². The Kier molecular flexibility index (Phi) is 4.57. The molecule has 0 saturated heterocycles. The molecule has 0 atom stereocenters. The maximum Gasteiger partial charge on any atom is 0.268 e. The van der Waals surface area contributed by atoms with Gasteiger partial charge >= 0.3 is 0 Å². The molecule has 2 aromatic rings. The third-order valence-corrected chi connectivity index (χ3v) is 3.23. The smallest absolute Gasteiger partial charge is 0.268 e. The van der Waals surface area contributed by atoms with E-state index in [-0.39, 0.29) is 17.7 Å². The van der Waals surface area contributed by atoms with Gasteiger partial charge in [-0.2, -0.15) is 5.26 Å². The molecule has 1 aromatic carbocycles. The second-order valence-corrected chi connectivity index (χ2v) is 4.72. The highest BCUT2D eigenvalue weighted by molar-refractivity contribution is 6.30. The Bertz CT molecular complexity index is 699. The van der Waals surface area contributed by atoms with E-state index >= 15 is 0 Å². The molecule has 0 fully saturated rings. The molecule has 0 aliphatic carbocycles. The molecule has 0 aliphatic rings. The quantitative estimate of drug-likeness (QED) is 0.939. The first-order valence-electron chi connectivity index (χ1n) is 6.18. The van der Waals surface area contributed by atoms with Crippen LogP contribution in [0.1, 0.15) is 12.0 Å². The fraction of sp³-hybridized carbons (Fsp3) is 0.200. The molecule has 0 saturated carbocycles. The van der Waals surface area contributed by atoms with E-state index < -0.39 is 0 Å². The zero-order valence-electron chi connectivity index (χ0n) is 10.7. The highest BCUT2D eigenvalue weighted by Gasteiger charge is 2.10. The topological polar surface area (TPSA) is 66.0 Å². The standard InChI is InChI=1S/C15H13ClN2O2/c16-13-5-2-11(3-6-13)14-7-4-12(10-17)15(20)18(14)8-1-9-19/h2-7,19H,1,8-9H2. The SMILES string of the molecule is N#Cc1ccc(-c2ccc(Cl)cc2)n(CCCO)c1=O. The summed E-state index contributed by atoms with van der Waals surface area (Å²) in [4.78, 5) is 12.2. The Labute approximate surface area is 121 Å². The lowest BCUT2D eigenvalue weighted by Gasteiger charge is -2.13. The summed E-state index contributed by atoms with van der Waals surface area (Å²) in [7, 11) is 0. The molecule has 0 bridgehead atoms. The summed E-state index contributed by atoms with van der Waals surface area (Å²) >= 11 is 5.86. The normalized spacial score (nSPS) is 10.2. The van der Waals surface area contributed by atoms with Crippen LogP contribution in [0.2, 0.25) is 5.02 Å². The van der Waals surface area contributed by atoms with Crippen molar-refractivity contribution in [2.45, 2.75) is 13.0 Å². The van der Waals surface area contributed by atoms with E-state index in [1.54, 1.807) is 18.2 Å². The Morgan fingerprint density at radius 1 is 1.20 bits per heavy atom. The van der Waals surface area contributed by atoms with Crippen LogP contribution in [-0.4, -0.2) is 16.3 Å². The number of rotatable bonds is 4. The third kappa shape index (κ3) is 2.90. The predicted octanol–water partition coefficient (Wildman–Crippen LogP) is 2.42. The lowest BCUT2D eigenvalue weighted by atomic mass is 10.1. The lowest BCUT2D eigenvalue weighted by molar-refractivity contribution is 0.279. The number of aliphatic hydroxyl groups is 1. The average Bonchev–Trinajstić information content (AvgIpc) is 2.47. The fourth-order valence-electron chi connectivity index (χ4n) is 1.99. The fourth-order valence-corrected chi connectivity index (χ4v) is 2.11. The van der Waals surface area contributed by atoms with Gasteiger partial charge in [0.25, 0.3) is 5.56 Å². The van der Waals surface area contributed by atoms with E-state index in [1.807, 2.05) is 18.2 Å². The van der Waals surface area contributed by atoms with Crippen molar-refractivity contribution >= 4 is 11.6 Å². The van der Waals surface area contributed by atoms with E-state index in [0.29, 0.717) is 23.7 Å². The van der Waals surface area contributed by atoms with Crippen molar-refractivity contribution in [2.75, 3.05) is 6.61 Å². The van der Waals surface area contributed by atoms with Crippen LogP contribution >= 0.6 is 11.6 Å². The maximum absolute atomic E-state index is 12.2. The number of hydrogen-bond donors (Lipinski definition) is 1. The van der Waals surface area contributed by atoms with Crippen LogP contribution in [0, 0.1) is 11.3 Å². The predicted molar refractivity (Wildman–Crippen MR) is 77.6 cm³/mol. The molecule has 5 heteroatoms. The maximum atomic E-state index is 12.2. The molecule has 2 rings (SSSR count). The van der Waals surface area contributed by atoms with Gasteiger partial charge in [-0.3, -0.25) is 4.79 Å². The summed E-state index contributed by atoms with van der Waals surface area (Å²) in [5.74, 6) is 0. The molecule has 1 aromatic heterocycles. The van der Waals surface area contributed by atoms with Crippen LogP contribution in [0.5, 0.6) is 0 Å². The van der Waals surface area contributed by atoms with Crippen molar-refractivity contribution in [1.82, 2.24) is 4.57 Å². The summed E-state index contributed by atoms with van der Waals surface area (Å²) in [6, 6.07) is 12.3. The summed E-state index contributed by atoms with van der Waals surface area (Å²) in [5.41, 5.74) is 1.31. The van der Waals surface area contributed by atoms with Gasteiger partial charge in [-0.05, 0) is 36.2 Å². The number of hydrogen-bond acceptors (Lipinski definition) is 3. The van der Waals surface area contributed by atoms with Gasteiger partial charge in [0.05, 0.1) is 5.69 Å². The van der Waals surface area contributed by atoms with Gasteiger partial charge in [0, 0.05) is 18.2 Å². The second-order valence-electron chi connectivity index (χ2n) is 4.28. The van der Waals surface area contributed by atoms with Crippen molar-refractivity contribution in [1.29, 1.82) is 5.26 Å². The van der Waals surface area contributed by atoms with Crippen molar-refractivity contribution in [3.63, 3.8) is 0 Å². The first-order valence-corrected chi connectivity index (χ1v) is 6.56. The van der Waals surface area contributed by atoms with E-state index in [2.05, 4.69) is 0 Å². The van der Waals surface area contributed by atoms with Crippen LogP contribution in [0.3, 0.4) is 0 Å². The Morgan fingerprint density at radius 3 is 2.50 bits per heavy atom. The molecule has 0 unspecified atom stereocenters. The number of nitrogens with zero attached hydrogens (tertiary/aromatic N) is 2. The molecule has 20 heavy (non-hydrogen) atoms.